The van der Waals surface area contributed by atoms with Crippen LogP contribution in [0.1, 0.15) is 68.4 Å². The molecule has 1 heterocycles. The minimum Gasteiger partial charge on any atom is -0.388 e. The quantitative estimate of drug-likeness (QED) is 0.336. The van der Waals surface area contributed by atoms with E-state index < -0.39 is 29.7 Å². The summed E-state index contributed by atoms with van der Waals surface area (Å²) < 4.78 is 78.5. The number of hydrogen-bond donors (Lipinski definition) is 1. The van der Waals surface area contributed by atoms with Crippen LogP contribution in [0.25, 0.3) is 11.3 Å². The Kier molecular flexibility index (Phi) is 9.68. The summed E-state index contributed by atoms with van der Waals surface area (Å²) in [6.07, 6.45) is -5.99. The van der Waals surface area contributed by atoms with Crippen LogP contribution in [-0.4, -0.2) is 10.1 Å². The lowest BCUT2D eigenvalue weighted by Gasteiger charge is -2.18. The highest BCUT2D eigenvalue weighted by atomic mass is 32.1. The van der Waals surface area contributed by atoms with Gasteiger partial charge < -0.3 is 5.11 Å². The molecule has 0 saturated heterocycles. The standard InChI is InChI=1S/C21H23F6NO.H2S/c1-2-3-4-5-6-7-18(29)16-12-13-17(28-19(16)21(25,26)27)14-8-10-15(11-9-14)20(22,23)24;/h8-13,18,29H,2-7H2,1H3;1H2/t18-;/m1./s1. The third kappa shape index (κ3) is 7.19. The van der Waals surface area contributed by atoms with Gasteiger partial charge in [-0.3, -0.25) is 0 Å². The fourth-order valence-electron chi connectivity index (χ4n) is 3.05. The topological polar surface area (TPSA) is 33.1 Å². The average Bonchev–Trinajstić information content (AvgIpc) is 2.66. The molecule has 2 nitrogen and oxygen atoms in total. The number of aliphatic hydroxyl groups is 1. The molecule has 1 aromatic heterocycles. The molecule has 1 aromatic carbocycles. The molecule has 0 bridgehead atoms. The Morgan fingerprint density at radius 3 is 1.97 bits per heavy atom. The van der Waals surface area contributed by atoms with E-state index in [4.69, 9.17) is 0 Å². The van der Waals surface area contributed by atoms with Crippen LogP contribution in [-0.2, 0) is 12.4 Å². The molecule has 1 N–H and O–H groups in total. The van der Waals surface area contributed by atoms with E-state index in [1.54, 1.807) is 0 Å². The van der Waals surface area contributed by atoms with Crippen molar-refractivity contribution in [3.05, 3.63) is 53.2 Å². The van der Waals surface area contributed by atoms with Gasteiger partial charge in [-0.25, -0.2) is 4.98 Å². The molecule has 0 amide bonds. The number of hydrogen-bond acceptors (Lipinski definition) is 2. The van der Waals surface area contributed by atoms with Gasteiger partial charge >= 0.3 is 12.4 Å². The molecular weight excluding hydrogens is 428 g/mol. The van der Waals surface area contributed by atoms with E-state index in [2.05, 4.69) is 4.98 Å². The first-order chi connectivity index (χ1) is 13.5. The van der Waals surface area contributed by atoms with Crippen molar-refractivity contribution < 1.29 is 31.4 Å². The van der Waals surface area contributed by atoms with Crippen molar-refractivity contribution in [3.63, 3.8) is 0 Å². The van der Waals surface area contributed by atoms with Gasteiger partial charge in [0.2, 0.25) is 0 Å². The SMILES string of the molecule is CCCCCCC[C@@H](O)c1ccc(-c2ccc(C(F)(F)F)cc2)nc1C(F)(F)F.S. The number of rotatable bonds is 8. The molecule has 9 heteroatoms. The predicted molar refractivity (Wildman–Crippen MR) is 108 cm³/mol. The second kappa shape index (κ2) is 11.0. The number of pyridine rings is 1. The Labute approximate surface area is 178 Å². The first-order valence-corrected chi connectivity index (χ1v) is 9.48. The van der Waals surface area contributed by atoms with Gasteiger partial charge in [-0.05, 0) is 24.6 Å². The summed E-state index contributed by atoms with van der Waals surface area (Å²) in [5.41, 5.74) is -2.40. The minimum atomic E-state index is -4.79. The van der Waals surface area contributed by atoms with Crippen molar-refractivity contribution in [2.45, 2.75) is 63.9 Å². The molecule has 0 unspecified atom stereocenters. The van der Waals surface area contributed by atoms with E-state index >= 15 is 0 Å². The largest absolute Gasteiger partial charge is 0.433 e. The zero-order valence-corrected chi connectivity index (χ0v) is 17.4. The Hall–Kier alpha value is -1.74. The van der Waals surface area contributed by atoms with Crippen molar-refractivity contribution in [3.8, 4) is 11.3 Å². The smallest absolute Gasteiger partial charge is 0.388 e. The minimum absolute atomic E-state index is 0. The zero-order chi connectivity index (χ0) is 21.7. The van der Waals surface area contributed by atoms with Gasteiger partial charge in [-0.15, -0.1) is 0 Å². The maximum absolute atomic E-state index is 13.5. The highest BCUT2D eigenvalue weighted by Crippen LogP contribution is 2.37. The van der Waals surface area contributed by atoms with Crippen LogP contribution in [0.3, 0.4) is 0 Å². The predicted octanol–water partition coefficient (Wildman–Crippen LogP) is 7.29. The molecule has 0 aliphatic rings. The number of aliphatic hydroxyl groups excluding tert-OH is 1. The van der Waals surface area contributed by atoms with Crippen molar-refractivity contribution in [2.75, 3.05) is 0 Å². The van der Waals surface area contributed by atoms with E-state index in [0.29, 0.717) is 6.42 Å². The first kappa shape index (κ1) is 26.3. The molecule has 2 rings (SSSR count). The second-order valence-corrected chi connectivity index (χ2v) is 6.93. The zero-order valence-electron chi connectivity index (χ0n) is 16.4. The van der Waals surface area contributed by atoms with Gasteiger partial charge in [-0.1, -0.05) is 57.2 Å². The summed E-state index contributed by atoms with van der Waals surface area (Å²) in [6.45, 7) is 2.05. The molecule has 1 atom stereocenters. The summed E-state index contributed by atoms with van der Waals surface area (Å²) in [5.74, 6) is 0. The van der Waals surface area contributed by atoms with Crippen LogP contribution >= 0.6 is 13.5 Å². The molecule has 2 aromatic rings. The molecule has 30 heavy (non-hydrogen) atoms. The summed E-state index contributed by atoms with van der Waals surface area (Å²) >= 11 is 0. The molecule has 0 radical (unpaired) electrons. The van der Waals surface area contributed by atoms with E-state index in [1.165, 1.54) is 6.07 Å². The Morgan fingerprint density at radius 1 is 0.833 bits per heavy atom. The lowest BCUT2D eigenvalue weighted by molar-refractivity contribution is -0.142. The van der Waals surface area contributed by atoms with Gasteiger partial charge in [0.1, 0.15) is 0 Å². The number of nitrogens with zero attached hydrogens (tertiary/aromatic N) is 1. The van der Waals surface area contributed by atoms with Crippen molar-refractivity contribution in [1.82, 2.24) is 4.98 Å². The fraction of sp³-hybridized carbons (Fsp3) is 0.476. The number of benzene rings is 1. The third-order valence-corrected chi connectivity index (χ3v) is 4.64. The lowest BCUT2D eigenvalue weighted by atomic mass is 9.99. The van der Waals surface area contributed by atoms with Crippen LogP contribution in [0, 0.1) is 0 Å². The Balaban J connectivity index is 0.00000450. The number of aromatic nitrogens is 1. The van der Waals surface area contributed by atoms with E-state index in [0.717, 1.165) is 56.0 Å². The van der Waals surface area contributed by atoms with Gasteiger partial charge in [-0.2, -0.15) is 39.8 Å². The first-order valence-electron chi connectivity index (χ1n) is 9.48. The van der Waals surface area contributed by atoms with E-state index in [9.17, 15) is 31.4 Å². The van der Waals surface area contributed by atoms with Crippen molar-refractivity contribution in [1.29, 1.82) is 0 Å². The van der Waals surface area contributed by atoms with E-state index in [-0.39, 0.29) is 36.7 Å². The monoisotopic (exact) mass is 453 g/mol. The highest BCUT2D eigenvalue weighted by molar-refractivity contribution is 7.59. The molecular formula is C21H25F6NOS. The maximum atomic E-state index is 13.5. The maximum Gasteiger partial charge on any atom is 0.433 e. The van der Waals surface area contributed by atoms with Crippen LogP contribution in [0.2, 0.25) is 0 Å². The summed E-state index contributed by atoms with van der Waals surface area (Å²) in [6, 6.07) is 6.18. The van der Waals surface area contributed by atoms with Crippen molar-refractivity contribution >= 4 is 13.5 Å². The highest BCUT2D eigenvalue weighted by Gasteiger charge is 2.37. The molecule has 0 saturated carbocycles. The Bertz CT molecular complexity index is 790. The van der Waals surface area contributed by atoms with Crippen LogP contribution in [0.4, 0.5) is 26.3 Å². The Morgan fingerprint density at radius 2 is 1.43 bits per heavy atom. The summed E-state index contributed by atoms with van der Waals surface area (Å²) in [4.78, 5) is 3.62. The van der Waals surface area contributed by atoms with Crippen LogP contribution < -0.4 is 0 Å². The van der Waals surface area contributed by atoms with Crippen LogP contribution in [0.15, 0.2) is 36.4 Å². The van der Waals surface area contributed by atoms with Crippen molar-refractivity contribution in [2.24, 2.45) is 0 Å². The molecule has 0 aliphatic carbocycles. The van der Waals surface area contributed by atoms with E-state index in [1.807, 2.05) is 6.92 Å². The van der Waals surface area contributed by atoms with Crippen LogP contribution in [0.5, 0.6) is 0 Å². The van der Waals surface area contributed by atoms with Gasteiger partial charge in [0.05, 0.1) is 17.4 Å². The molecule has 0 spiro atoms. The molecule has 0 fully saturated rings. The molecule has 168 valence electrons. The normalized spacial score (nSPS) is 13.1. The summed E-state index contributed by atoms with van der Waals surface area (Å²) in [5, 5.41) is 10.2. The summed E-state index contributed by atoms with van der Waals surface area (Å²) in [7, 11) is 0. The fourth-order valence-corrected chi connectivity index (χ4v) is 3.05. The average molecular weight is 453 g/mol. The third-order valence-electron chi connectivity index (χ3n) is 4.64. The van der Waals surface area contributed by atoms with Gasteiger partial charge in [0.15, 0.2) is 5.69 Å². The molecule has 0 aliphatic heterocycles. The van der Waals surface area contributed by atoms with Gasteiger partial charge in [0, 0.05) is 11.1 Å². The number of unbranched alkanes of at least 4 members (excludes halogenated alkanes) is 4. The second-order valence-electron chi connectivity index (χ2n) is 6.93. The lowest BCUT2D eigenvalue weighted by Crippen LogP contribution is -2.15. The number of alkyl halides is 6. The van der Waals surface area contributed by atoms with Gasteiger partial charge in [0.25, 0.3) is 0 Å². The number of halogens is 6.